The van der Waals surface area contributed by atoms with Gasteiger partial charge in [-0.2, -0.15) is 0 Å². The number of rotatable bonds is 4. The minimum absolute atomic E-state index is 0.121. The minimum atomic E-state index is -0.284. The van der Waals surface area contributed by atoms with Crippen molar-refractivity contribution in [2.75, 3.05) is 11.1 Å². The Morgan fingerprint density at radius 2 is 1.95 bits per heavy atom. The second-order valence-corrected chi connectivity index (χ2v) is 5.74. The maximum Gasteiger partial charge on any atom is 0.234 e. The van der Waals surface area contributed by atoms with Gasteiger partial charge in [-0.3, -0.25) is 4.79 Å². The van der Waals surface area contributed by atoms with Crippen LogP contribution in [0, 0.1) is 12.7 Å². The van der Waals surface area contributed by atoms with Crippen LogP contribution >= 0.6 is 23.4 Å². The Kier molecular flexibility index (Phi) is 5.04. The highest BCUT2D eigenvalue weighted by Crippen LogP contribution is 2.22. The maximum atomic E-state index is 12.8. The highest BCUT2D eigenvalue weighted by molar-refractivity contribution is 8.00. The summed E-state index contributed by atoms with van der Waals surface area (Å²) in [6.07, 6.45) is 0. The Balaban J connectivity index is 1.92. The SMILES string of the molecule is Cc1ccc(Cl)cc1NC(=O)CSc1ccc(F)cc1. The summed E-state index contributed by atoms with van der Waals surface area (Å²) in [4.78, 5) is 12.7. The number of halogens is 2. The van der Waals surface area contributed by atoms with E-state index in [0.29, 0.717) is 10.7 Å². The molecule has 2 aromatic carbocycles. The van der Waals surface area contributed by atoms with Gasteiger partial charge in [0.15, 0.2) is 0 Å². The van der Waals surface area contributed by atoms with Crippen molar-refractivity contribution in [2.24, 2.45) is 0 Å². The Morgan fingerprint density at radius 3 is 2.65 bits per heavy atom. The first-order chi connectivity index (χ1) is 9.54. The highest BCUT2D eigenvalue weighted by Gasteiger charge is 2.06. The zero-order valence-electron chi connectivity index (χ0n) is 10.8. The number of amides is 1. The molecule has 0 saturated heterocycles. The second kappa shape index (κ2) is 6.77. The second-order valence-electron chi connectivity index (χ2n) is 4.25. The third-order valence-electron chi connectivity index (χ3n) is 2.66. The van der Waals surface area contributed by atoms with E-state index < -0.39 is 0 Å². The quantitative estimate of drug-likeness (QED) is 0.841. The molecule has 0 bridgehead atoms. The fraction of sp³-hybridized carbons (Fsp3) is 0.133. The molecule has 5 heteroatoms. The van der Waals surface area contributed by atoms with Crippen LogP contribution in [-0.2, 0) is 4.79 Å². The van der Waals surface area contributed by atoms with Gasteiger partial charge < -0.3 is 5.32 Å². The normalized spacial score (nSPS) is 10.3. The third-order valence-corrected chi connectivity index (χ3v) is 3.90. The summed E-state index contributed by atoms with van der Waals surface area (Å²) < 4.78 is 12.8. The molecule has 2 nitrogen and oxygen atoms in total. The van der Waals surface area contributed by atoms with Gasteiger partial charge in [0.2, 0.25) is 5.91 Å². The Morgan fingerprint density at radius 1 is 1.25 bits per heavy atom. The van der Waals surface area contributed by atoms with Gasteiger partial charge in [0.05, 0.1) is 5.75 Å². The van der Waals surface area contributed by atoms with Gasteiger partial charge in [-0.1, -0.05) is 17.7 Å². The summed E-state index contributed by atoms with van der Waals surface area (Å²) in [6.45, 7) is 1.90. The lowest BCUT2D eigenvalue weighted by molar-refractivity contribution is -0.113. The number of aryl methyl sites for hydroxylation is 1. The van der Waals surface area contributed by atoms with Gasteiger partial charge in [0.25, 0.3) is 0 Å². The molecule has 0 aliphatic heterocycles. The van der Waals surface area contributed by atoms with Gasteiger partial charge in [0.1, 0.15) is 5.82 Å². The van der Waals surface area contributed by atoms with E-state index >= 15 is 0 Å². The van der Waals surface area contributed by atoms with Crippen molar-refractivity contribution in [1.82, 2.24) is 0 Å². The lowest BCUT2D eigenvalue weighted by atomic mass is 10.2. The summed E-state index contributed by atoms with van der Waals surface area (Å²) in [5, 5.41) is 3.40. The van der Waals surface area contributed by atoms with Crippen LogP contribution in [-0.4, -0.2) is 11.7 Å². The molecule has 0 fully saturated rings. The minimum Gasteiger partial charge on any atom is -0.325 e. The molecule has 104 valence electrons. The van der Waals surface area contributed by atoms with Gasteiger partial charge in [-0.05, 0) is 48.9 Å². The Hall–Kier alpha value is -1.52. The molecule has 1 N–H and O–H groups in total. The molecule has 0 aliphatic rings. The van der Waals surface area contributed by atoms with E-state index in [0.717, 1.165) is 10.5 Å². The number of hydrogen-bond donors (Lipinski definition) is 1. The van der Waals surface area contributed by atoms with Gasteiger partial charge in [0, 0.05) is 15.6 Å². The number of nitrogens with one attached hydrogen (secondary N) is 1. The number of carbonyl (C=O) groups excluding carboxylic acids is 1. The summed E-state index contributed by atoms with van der Waals surface area (Å²) in [5.74, 6) is -0.143. The molecule has 0 heterocycles. The number of anilines is 1. The van der Waals surface area contributed by atoms with Crippen molar-refractivity contribution in [1.29, 1.82) is 0 Å². The molecule has 0 aromatic heterocycles. The first kappa shape index (κ1) is 14.9. The molecule has 0 saturated carbocycles. The number of benzene rings is 2. The lowest BCUT2D eigenvalue weighted by Crippen LogP contribution is -2.14. The Bertz CT molecular complexity index is 616. The van der Waals surface area contributed by atoms with Crippen LogP contribution in [0.4, 0.5) is 10.1 Å². The van der Waals surface area contributed by atoms with E-state index in [4.69, 9.17) is 11.6 Å². The van der Waals surface area contributed by atoms with E-state index in [1.54, 1.807) is 24.3 Å². The van der Waals surface area contributed by atoms with Crippen molar-refractivity contribution < 1.29 is 9.18 Å². The number of carbonyl (C=O) groups is 1. The van der Waals surface area contributed by atoms with Gasteiger partial charge in [-0.25, -0.2) is 4.39 Å². The average molecular weight is 310 g/mol. The van der Waals surface area contributed by atoms with Crippen molar-refractivity contribution in [2.45, 2.75) is 11.8 Å². The summed E-state index contributed by atoms with van der Waals surface area (Å²) >= 11 is 7.25. The lowest BCUT2D eigenvalue weighted by Gasteiger charge is -2.08. The van der Waals surface area contributed by atoms with Crippen molar-refractivity contribution >= 4 is 35.0 Å². The van der Waals surface area contributed by atoms with Gasteiger partial charge in [-0.15, -0.1) is 11.8 Å². The number of hydrogen-bond acceptors (Lipinski definition) is 2. The van der Waals surface area contributed by atoms with Crippen molar-refractivity contribution in [3.05, 3.63) is 58.9 Å². The van der Waals surface area contributed by atoms with Crippen molar-refractivity contribution in [3.8, 4) is 0 Å². The van der Waals surface area contributed by atoms with Crippen LogP contribution in [0.2, 0.25) is 5.02 Å². The fourth-order valence-corrected chi connectivity index (χ4v) is 2.47. The molecule has 1 amide bonds. The summed E-state index contributed by atoms with van der Waals surface area (Å²) in [7, 11) is 0. The molecule has 20 heavy (non-hydrogen) atoms. The van der Waals surface area contributed by atoms with Crippen molar-refractivity contribution in [3.63, 3.8) is 0 Å². The van der Waals surface area contributed by atoms with Crippen LogP contribution in [0.25, 0.3) is 0 Å². The topological polar surface area (TPSA) is 29.1 Å². The van der Waals surface area contributed by atoms with Gasteiger partial charge >= 0.3 is 0 Å². The van der Waals surface area contributed by atoms with Crippen LogP contribution in [0.3, 0.4) is 0 Å². The molecule has 0 unspecified atom stereocenters. The predicted molar refractivity (Wildman–Crippen MR) is 81.9 cm³/mol. The molecule has 0 atom stereocenters. The average Bonchev–Trinajstić information content (AvgIpc) is 2.42. The zero-order valence-corrected chi connectivity index (χ0v) is 12.4. The summed E-state index contributed by atoms with van der Waals surface area (Å²) in [5.41, 5.74) is 1.66. The molecule has 0 aliphatic carbocycles. The first-order valence-electron chi connectivity index (χ1n) is 5.99. The standard InChI is InChI=1S/C15H13ClFNOS/c1-10-2-3-11(16)8-14(10)18-15(19)9-20-13-6-4-12(17)5-7-13/h2-8H,9H2,1H3,(H,18,19). The molecule has 2 aromatic rings. The largest absolute Gasteiger partial charge is 0.325 e. The van der Waals surface area contributed by atoms with Crippen LogP contribution in [0.1, 0.15) is 5.56 Å². The number of thioether (sulfide) groups is 1. The monoisotopic (exact) mass is 309 g/mol. The maximum absolute atomic E-state index is 12.8. The van der Waals surface area contributed by atoms with E-state index in [1.807, 2.05) is 13.0 Å². The van der Waals surface area contributed by atoms with E-state index in [-0.39, 0.29) is 17.5 Å². The molecule has 0 radical (unpaired) electrons. The predicted octanol–water partition coefficient (Wildman–Crippen LogP) is 4.52. The summed E-state index contributed by atoms with van der Waals surface area (Å²) in [6, 6.07) is 11.4. The van der Waals surface area contributed by atoms with Crippen LogP contribution < -0.4 is 5.32 Å². The first-order valence-corrected chi connectivity index (χ1v) is 7.35. The molecular weight excluding hydrogens is 297 g/mol. The molecular formula is C15H13ClFNOS. The highest BCUT2D eigenvalue weighted by atomic mass is 35.5. The Labute approximate surface area is 126 Å². The fourth-order valence-electron chi connectivity index (χ4n) is 1.59. The van der Waals surface area contributed by atoms with Crippen LogP contribution in [0.5, 0.6) is 0 Å². The molecule has 0 spiro atoms. The third kappa shape index (κ3) is 4.25. The zero-order chi connectivity index (χ0) is 14.5. The van der Waals surface area contributed by atoms with E-state index in [9.17, 15) is 9.18 Å². The molecule has 2 rings (SSSR count). The van der Waals surface area contributed by atoms with Crippen LogP contribution in [0.15, 0.2) is 47.4 Å². The smallest absolute Gasteiger partial charge is 0.234 e. The van der Waals surface area contributed by atoms with E-state index in [1.165, 1.54) is 23.9 Å². The van der Waals surface area contributed by atoms with E-state index in [2.05, 4.69) is 5.32 Å².